The molecule has 0 aliphatic heterocycles. The first kappa shape index (κ1) is 14.9. The van der Waals surface area contributed by atoms with Gasteiger partial charge in [0.25, 0.3) is 0 Å². The van der Waals surface area contributed by atoms with Crippen LogP contribution < -0.4 is 5.32 Å². The van der Waals surface area contributed by atoms with Crippen LogP contribution >= 0.6 is 15.9 Å². The maximum absolute atomic E-state index is 12.3. The Morgan fingerprint density at radius 2 is 2.00 bits per heavy atom. The van der Waals surface area contributed by atoms with Gasteiger partial charge in [-0.1, -0.05) is 6.92 Å². The smallest absolute Gasteiger partial charge is 0.247 e. The summed E-state index contributed by atoms with van der Waals surface area (Å²) in [5.41, 5.74) is 0.333. The molecule has 1 aromatic heterocycles. The van der Waals surface area contributed by atoms with E-state index in [4.69, 9.17) is 4.42 Å². The lowest BCUT2D eigenvalue weighted by Gasteiger charge is -2.16. The lowest BCUT2D eigenvalue weighted by Crippen LogP contribution is -2.33. The van der Waals surface area contributed by atoms with Gasteiger partial charge in [-0.2, -0.15) is 0 Å². The second-order valence-corrected chi connectivity index (χ2v) is 5.51. The summed E-state index contributed by atoms with van der Waals surface area (Å²) in [6.07, 6.45) is 0.536. The predicted molar refractivity (Wildman–Crippen MR) is 77.1 cm³/mol. The average molecular weight is 342 g/mol. The van der Waals surface area contributed by atoms with Gasteiger partial charge in [0.15, 0.2) is 11.6 Å². The van der Waals surface area contributed by atoms with E-state index in [1.807, 2.05) is 25.9 Å². The van der Waals surface area contributed by atoms with Crippen molar-refractivity contribution in [2.24, 2.45) is 0 Å². The third kappa shape index (κ3) is 2.69. The van der Waals surface area contributed by atoms with Gasteiger partial charge in [0.1, 0.15) is 5.70 Å². The third-order valence-electron chi connectivity index (χ3n) is 2.90. The van der Waals surface area contributed by atoms with E-state index in [2.05, 4.69) is 26.2 Å². The monoisotopic (exact) mass is 341 g/mol. The molecule has 20 heavy (non-hydrogen) atoms. The van der Waals surface area contributed by atoms with Crippen LogP contribution in [0.5, 0.6) is 0 Å². The number of Topliss-reactive ketones (excluding diaryl/α,β-unsaturated/α-hetero) is 2. The van der Waals surface area contributed by atoms with Crippen molar-refractivity contribution < 1.29 is 14.0 Å². The van der Waals surface area contributed by atoms with Crippen LogP contribution in [0.1, 0.15) is 33.9 Å². The minimum absolute atomic E-state index is 0.0300. The SMILES string of the molecule is CCc1nc2c(o1)C(=O)C(NCCN(C)C)=C(Br)C2=O. The molecule has 7 heteroatoms. The van der Waals surface area contributed by atoms with Gasteiger partial charge in [-0.3, -0.25) is 9.59 Å². The Bertz CT molecular complexity index is 590. The molecular weight excluding hydrogens is 326 g/mol. The molecule has 0 spiro atoms. The van der Waals surface area contributed by atoms with Crippen molar-refractivity contribution in [3.8, 4) is 0 Å². The van der Waals surface area contributed by atoms with Crippen molar-refractivity contribution in [2.75, 3.05) is 27.2 Å². The van der Waals surface area contributed by atoms with Gasteiger partial charge < -0.3 is 14.6 Å². The van der Waals surface area contributed by atoms with Gasteiger partial charge in [-0.25, -0.2) is 4.98 Å². The molecule has 0 unspecified atom stereocenters. The van der Waals surface area contributed by atoms with Crippen molar-refractivity contribution >= 4 is 27.5 Å². The molecular formula is C13H16BrN3O3. The van der Waals surface area contributed by atoms with Crippen LogP contribution in [-0.2, 0) is 6.42 Å². The second-order valence-electron chi connectivity index (χ2n) is 4.72. The van der Waals surface area contributed by atoms with E-state index in [9.17, 15) is 9.59 Å². The van der Waals surface area contributed by atoms with E-state index in [-0.39, 0.29) is 33.2 Å². The van der Waals surface area contributed by atoms with E-state index < -0.39 is 0 Å². The molecule has 0 atom stereocenters. The molecule has 0 saturated heterocycles. The van der Waals surface area contributed by atoms with Crippen molar-refractivity contribution in [2.45, 2.75) is 13.3 Å². The number of halogens is 1. The molecule has 0 fully saturated rings. The van der Waals surface area contributed by atoms with Crippen molar-refractivity contribution in [3.63, 3.8) is 0 Å². The molecule has 6 nitrogen and oxygen atoms in total. The number of rotatable bonds is 5. The number of likely N-dealkylation sites (N-methyl/N-ethyl adjacent to an activating group) is 1. The molecule has 1 heterocycles. The van der Waals surface area contributed by atoms with E-state index in [0.29, 0.717) is 18.9 Å². The van der Waals surface area contributed by atoms with E-state index >= 15 is 0 Å². The quantitative estimate of drug-likeness (QED) is 0.871. The van der Waals surface area contributed by atoms with Crippen molar-refractivity contribution in [1.29, 1.82) is 0 Å². The number of aryl methyl sites for hydroxylation is 1. The lowest BCUT2D eigenvalue weighted by atomic mass is 10.0. The molecule has 0 aromatic carbocycles. The van der Waals surface area contributed by atoms with Crippen LogP contribution in [0.4, 0.5) is 0 Å². The maximum atomic E-state index is 12.3. The van der Waals surface area contributed by atoms with E-state index in [1.54, 1.807) is 0 Å². The molecule has 1 aliphatic rings. The first-order chi connectivity index (χ1) is 9.45. The maximum Gasteiger partial charge on any atom is 0.247 e. The zero-order valence-corrected chi connectivity index (χ0v) is 13.2. The molecule has 1 aliphatic carbocycles. The summed E-state index contributed by atoms with van der Waals surface area (Å²) in [5.74, 6) is -0.234. The number of nitrogens with zero attached hydrogens (tertiary/aromatic N) is 2. The van der Waals surface area contributed by atoms with Gasteiger partial charge >= 0.3 is 0 Å². The zero-order chi connectivity index (χ0) is 14.9. The van der Waals surface area contributed by atoms with Crippen LogP contribution in [0.2, 0.25) is 0 Å². The number of fused-ring (bicyclic) bond motifs is 1. The first-order valence-corrected chi connectivity index (χ1v) is 7.12. The zero-order valence-electron chi connectivity index (χ0n) is 11.6. The Hall–Kier alpha value is -1.47. The number of nitrogens with one attached hydrogen (secondary N) is 1. The Balaban J connectivity index is 2.27. The van der Waals surface area contributed by atoms with Crippen molar-refractivity contribution in [3.05, 3.63) is 27.5 Å². The number of hydrogen-bond acceptors (Lipinski definition) is 6. The Labute approximate surface area is 125 Å². The number of oxazole rings is 1. The van der Waals surface area contributed by atoms with Gasteiger partial charge in [-0.05, 0) is 30.0 Å². The first-order valence-electron chi connectivity index (χ1n) is 6.33. The predicted octanol–water partition coefficient (Wildman–Crippen LogP) is 1.37. The summed E-state index contributed by atoms with van der Waals surface area (Å²) < 4.78 is 5.57. The van der Waals surface area contributed by atoms with Crippen LogP contribution in [0.25, 0.3) is 0 Å². The summed E-state index contributed by atoms with van der Waals surface area (Å²) in [7, 11) is 3.86. The van der Waals surface area contributed by atoms with Crippen LogP contribution in [0.3, 0.4) is 0 Å². The summed E-state index contributed by atoms with van der Waals surface area (Å²) >= 11 is 3.18. The molecule has 1 N–H and O–H groups in total. The second kappa shape index (κ2) is 5.88. The number of carbonyl (C=O) groups excluding carboxylic acids is 2. The largest absolute Gasteiger partial charge is 0.436 e. The minimum Gasteiger partial charge on any atom is -0.436 e. The Morgan fingerprint density at radius 3 is 2.60 bits per heavy atom. The van der Waals surface area contributed by atoms with Crippen molar-refractivity contribution in [1.82, 2.24) is 15.2 Å². The normalized spacial score (nSPS) is 15.1. The standard InChI is InChI=1S/C13H16BrN3O3/c1-4-7-16-10-11(18)8(14)9(12(19)13(10)20-7)15-5-6-17(2)3/h15H,4-6H2,1-3H3. The highest BCUT2D eigenvalue weighted by atomic mass is 79.9. The molecule has 0 saturated carbocycles. The molecule has 0 radical (unpaired) electrons. The highest BCUT2D eigenvalue weighted by molar-refractivity contribution is 9.12. The van der Waals surface area contributed by atoms with Gasteiger partial charge in [0.05, 0.1) is 4.48 Å². The highest BCUT2D eigenvalue weighted by Gasteiger charge is 2.36. The number of carbonyl (C=O) groups is 2. The van der Waals surface area contributed by atoms with Crippen LogP contribution in [0, 0.1) is 0 Å². The minimum atomic E-state index is -0.336. The Kier molecular flexibility index (Phi) is 4.39. The molecule has 2 rings (SSSR count). The highest BCUT2D eigenvalue weighted by Crippen LogP contribution is 2.28. The van der Waals surface area contributed by atoms with E-state index in [0.717, 1.165) is 6.54 Å². The van der Waals surface area contributed by atoms with E-state index in [1.165, 1.54) is 0 Å². The summed E-state index contributed by atoms with van der Waals surface area (Å²) in [6.45, 7) is 3.15. The fraction of sp³-hybridized carbons (Fsp3) is 0.462. The fourth-order valence-electron chi connectivity index (χ4n) is 1.82. The van der Waals surface area contributed by atoms with Gasteiger partial charge in [0.2, 0.25) is 17.3 Å². The molecule has 1 aromatic rings. The molecule has 108 valence electrons. The molecule has 0 bridgehead atoms. The Morgan fingerprint density at radius 1 is 1.30 bits per heavy atom. The van der Waals surface area contributed by atoms with Gasteiger partial charge in [0, 0.05) is 19.5 Å². The fourth-order valence-corrected chi connectivity index (χ4v) is 2.32. The van der Waals surface area contributed by atoms with Gasteiger partial charge in [-0.15, -0.1) is 0 Å². The van der Waals surface area contributed by atoms with Crippen LogP contribution in [0.15, 0.2) is 14.6 Å². The topological polar surface area (TPSA) is 75.4 Å². The number of allylic oxidation sites excluding steroid dienone is 2. The summed E-state index contributed by atoms with van der Waals surface area (Å²) in [4.78, 5) is 30.5. The third-order valence-corrected chi connectivity index (χ3v) is 3.66. The average Bonchev–Trinajstić information content (AvgIpc) is 2.84. The number of aromatic nitrogens is 1. The number of ketones is 2. The number of hydrogen-bond donors (Lipinski definition) is 1. The summed E-state index contributed by atoms with van der Waals surface area (Å²) in [6, 6.07) is 0. The lowest BCUT2D eigenvalue weighted by molar-refractivity contribution is 0.0953. The summed E-state index contributed by atoms with van der Waals surface area (Å²) in [5, 5.41) is 2.98. The van der Waals surface area contributed by atoms with Crippen LogP contribution in [-0.4, -0.2) is 48.6 Å². The molecule has 0 amide bonds.